The second kappa shape index (κ2) is 50.7. The van der Waals surface area contributed by atoms with Crippen LogP contribution in [0.4, 0.5) is 0 Å². The highest BCUT2D eigenvalue weighted by Crippen LogP contribution is 2.17. The zero-order valence-electron chi connectivity index (χ0n) is 59.7. The van der Waals surface area contributed by atoms with Crippen molar-refractivity contribution in [2.24, 2.45) is 63.3 Å². The standard InChI is InChI=1S/C67H128N16O12/c1-13-15-16-17-18-19-20-21-22-23-32-54(85)73-34-27-25-30-48(61(90)83-57(46(12)84)66(95)81-53(39-44(9)10)64(93)79-50(58(70)87)36-41(3)4)78-65(94)56(45(11)14-2)82-60(89)49(31-28-35-74-67(71)72)76-59(88)47(29-24-26-33-68)77-63(92)52(38-43(7)8)80-62(91)51(37-42(5)6)75-55(86)40-69/h41-53,56-57,84H,13-40,68-69H2,1-12H3,(H2,70,87)(H,73,85)(H,75,86)(H,76,88)(H,77,92)(H,78,94)(H,79,93)(H,80,91)(H,81,95)(H,82,89)(H,83,90)(H4,71,72,74)/t45-,46+,47+,48+,49-,50-,51-,52-,53-,56-,57-/m0/s1. The van der Waals surface area contributed by atoms with Gasteiger partial charge in [-0.05, 0) is 127 Å². The van der Waals surface area contributed by atoms with E-state index in [9.17, 15) is 57.8 Å². The monoisotopic (exact) mass is 1350 g/mol. The summed E-state index contributed by atoms with van der Waals surface area (Å²) >= 11 is 0. The minimum absolute atomic E-state index is 0.0208. The summed E-state index contributed by atoms with van der Waals surface area (Å²) in [5.74, 6) is -8.85. The highest BCUT2D eigenvalue weighted by molar-refractivity contribution is 5.98. The van der Waals surface area contributed by atoms with Gasteiger partial charge in [-0.25, -0.2) is 0 Å². The van der Waals surface area contributed by atoms with Gasteiger partial charge in [0.25, 0.3) is 0 Å². The van der Waals surface area contributed by atoms with Gasteiger partial charge in [0.05, 0.1) is 12.6 Å². The molecule has 28 nitrogen and oxygen atoms in total. The van der Waals surface area contributed by atoms with Crippen molar-refractivity contribution in [2.75, 3.05) is 26.2 Å². The van der Waals surface area contributed by atoms with Crippen molar-refractivity contribution >= 4 is 70.9 Å². The Hall–Kier alpha value is -6.68. The van der Waals surface area contributed by atoms with E-state index in [4.69, 9.17) is 28.7 Å². The van der Waals surface area contributed by atoms with E-state index in [1.54, 1.807) is 13.8 Å². The van der Waals surface area contributed by atoms with Gasteiger partial charge in [0.15, 0.2) is 5.96 Å². The maximum absolute atomic E-state index is 14.8. The molecule has 21 N–H and O–H groups in total. The molecule has 0 aromatic carbocycles. The average Bonchev–Trinajstić information content (AvgIpc) is 0.882. The summed E-state index contributed by atoms with van der Waals surface area (Å²) < 4.78 is 0. The van der Waals surface area contributed by atoms with Crippen LogP contribution in [-0.2, 0) is 52.7 Å². The molecule has 0 rings (SSSR count). The minimum atomic E-state index is -1.67. The first-order chi connectivity index (χ1) is 44.8. The van der Waals surface area contributed by atoms with E-state index in [1.807, 2.05) is 55.4 Å². The van der Waals surface area contributed by atoms with Crippen LogP contribution >= 0.6 is 0 Å². The van der Waals surface area contributed by atoms with Crippen LogP contribution in [0.1, 0.15) is 237 Å². The van der Waals surface area contributed by atoms with Crippen LogP contribution in [0.3, 0.4) is 0 Å². The number of guanidine groups is 1. The number of aliphatic hydroxyl groups excluding tert-OH is 1. The van der Waals surface area contributed by atoms with Gasteiger partial charge in [-0.1, -0.05) is 140 Å². The fraction of sp³-hybridized carbons (Fsp3) is 0.821. The lowest BCUT2D eigenvalue weighted by atomic mass is 9.96. The van der Waals surface area contributed by atoms with Crippen molar-refractivity contribution in [3.05, 3.63) is 0 Å². The number of primary amides is 1. The van der Waals surface area contributed by atoms with Gasteiger partial charge in [0.1, 0.15) is 54.4 Å². The summed E-state index contributed by atoms with van der Waals surface area (Å²) in [6, 6.07) is -11.5. The Morgan fingerprint density at radius 2 is 0.758 bits per heavy atom. The third-order valence-electron chi connectivity index (χ3n) is 16.2. The van der Waals surface area contributed by atoms with E-state index in [0.29, 0.717) is 32.1 Å². The highest BCUT2D eigenvalue weighted by Gasteiger charge is 2.38. The van der Waals surface area contributed by atoms with Crippen molar-refractivity contribution in [2.45, 2.75) is 298 Å². The fourth-order valence-corrected chi connectivity index (χ4v) is 10.7. The molecule has 0 radical (unpaired) electrons. The van der Waals surface area contributed by atoms with Crippen LogP contribution in [0.15, 0.2) is 4.99 Å². The molecule has 0 aromatic rings. The first kappa shape index (κ1) is 88.3. The summed E-state index contributed by atoms with van der Waals surface area (Å²) in [5, 5.41) is 38.3. The molecule has 0 aromatic heterocycles. The number of nitrogens with zero attached hydrogens (tertiary/aromatic N) is 1. The Kier molecular flexibility index (Phi) is 47.1. The smallest absolute Gasteiger partial charge is 0.245 e. The third-order valence-corrected chi connectivity index (χ3v) is 16.2. The lowest BCUT2D eigenvalue weighted by Gasteiger charge is -2.30. The number of aliphatic hydroxyl groups is 1. The van der Waals surface area contributed by atoms with Gasteiger partial charge in [0, 0.05) is 19.5 Å². The summed E-state index contributed by atoms with van der Waals surface area (Å²) in [7, 11) is 0. The average molecular weight is 1350 g/mol. The van der Waals surface area contributed by atoms with Crippen molar-refractivity contribution in [1.82, 2.24) is 53.2 Å². The van der Waals surface area contributed by atoms with Crippen molar-refractivity contribution in [3.63, 3.8) is 0 Å². The molecular formula is C67H128N16O12. The van der Waals surface area contributed by atoms with Crippen LogP contribution in [0.2, 0.25) is 0 Å². The molecular weight excluding hydrogens is 1220 g/mol. The number of nitrogens with one attached hydrogen (secondary N) is 10. The number of carbonyl (C=O) groups excluding carboxylic acids is 11. The first-order valence-electron chi connectivity index (χ1n) is 35.2. The molecule has 0 saturated heterocycles. The number of unbranched alkanes of at least 4 members (excludes halogenated alkanes) is 11. The van der Waals surface area contributed by atoms with E-state index in [0.717, 1.165) is 25.7 Å². The molecule has 0 aliphatic carbocycles. The molecule has 28 heteroatoms. The molecule has 0 fully saturated rings. The molecule has 0 unspecified atom stereocenters. The van der Waals surface area contributed by atoms with E-state index < -0.39 is 125 Å². The maximum atomic E-state index is 14.8. The number of nitrogens with two attached hydrogens (primary N) is 5. The zero-order valence-corrected chi connectivity index (χ0v) is 59.7. The molecule has 95 heavy (non-hydrogen) atoms. The second-order valence-corrected chi connectivity index (χ2v) is 27.2. The summed E-state index contributed by atoms with van der Waals surface area (Å²) in [6.45, 7) is 21.9. The van der Waals surface area contributed by atoms with Gasteiger partial charge in [-0.3, -0.25) is 57.7 Å². The molecule has 548 valence electrons. The summed E-state index contributed by atoms with van der Waals surface area (Å²) in [6.07, 6.45) is 12.7. The molecule has 11 atom stereocenters. The Morgan fingerprint density at radius 3 is 1.19 bits per heavy atom. The maximum Gasteiger partial charge on any atom is 0.245 e. The second-order valence-electron chi connectivity index (χ2n) is 27.2. The third kappa shape index (κ3) is 40.5. The van der Waals surface area contributed by atoms with Gasteiger partial charge in [0.2, 0.25) is 65.0 Å². The quantitative estimate of drug-likeness (QED) is 0.0236. The number of rotatable bonds is 54. The van der Waals surface area contributed by atoms with Gasteiger partial charge < -0.3 is 86.9 Å². The van der Waals surface area contributed by atoms with Crippen LogP contribution in [-0.4, -0.2) is 163 Å². The van der Waals surface area contributed by atoms with Crippen LogP contribution in [0, 0.1) is 29.6 Å². The predicted molar refractivity (Wildman–Crippen MR) is 371 cm³/mol. The van der Waals surface area contributed by atoms with Crippen molar-refractivity contribution in [1.29, 1.82) is 0 Å². The number of carbonyl (C=O) groups is 11. The zero-order chi connectivity index (χ0) is 72.2. The van der Waals surface area contributed by atoms with Gasteiger partial charge in [-0.2, -0.15) is 0 Å². The lowest BCUT2D eigenvalue weighted by molar-refractivity contribution is -0.137. The van der Waals surface area contributed by atoms with Crippen LogP contribution in [0.25, 0.3) is 0 Å². The van der Waals surface area contributed by atoms with Crippen molar-refractivity contribution in [3.8, 4) is 0 Å². The molecule has 0 aliphatic heterocycles. The summed E-state index contributed by atoms with van der Waals surface area (Å²) in [4.78, 5) is 156. The highest BCUT2D eigenvalue weighted by atomic mass is 16.3. The minimum Gasteiger partial charge on any atom is -0.391 e. The first-order valence-corrected chi connectivity index (χ1v) is 35.2. The lowest BCUT2D eigenvalue weighted by Crippen LogP contribution is -2.62. The molecule has 0 saturated carbocycles. The van der Waals surface area contributed by atoms with Gasteiger partial charge >= 0.3 is 0 Å². The molecule has 11 amide bonds. The number of amides is 11. The molecule has 0 bridgehead atoms. The Balaban J connectivity index is 7.21. The Bertz CT molecular complexity index is 2340. The fourth-order valence-electron chi connectivity index (χ4n) is 10.7. The molecule has 0 heterocycles. The summed E-state index contributed by atoms with van der Waals surface area (Å²) in [5.41, 5.74) is 28.3. The number of hydrogen-bond acceptors (Lipinski definition) is 15. The predicted octanol–water partition coefficient (Wildman–Crippen LogP) is 2.18. The topological polar surface area (TPSA) is 471 Å². The van der Waals surface area contributed by atoms with E-state index in [1.165, 1.54) is 45.4 Å². The Labute approximate surface area is 566 Å². The van der Waals surface area contributed by atoms with Crippen LogP contribution in [0.5, 0.6) is 0 Å². The van der Waals surface area contributed by atoms with E-state index in [-0.39, 0.29) is 120 Å². The normalized spacial score (nSPS) is 14.9. The molecule has 0 aliphatic rings. The van der Waals surface area contributed by atoms with Crippen LogP contribution < -0.4 is 81.8 Å². The molecule has 0 spiro atoms. The van der Waals surface area contributed by atoms with E-state index >= 15 is 0 Å². The Morgan fingerprint density at radius 1 is 0.389 bits per heavy atom. The largest absolute Gasteiger partial charge is 0.391 e. The SMILES string of the molecule is CCCCCCCCCCCCC(=O)NCCCC[C@@H](NC(=O)[C@@H](NC(=O)[C@H](CCCN=C(N)N)NC(=O)[C@@H](CCCCN)NC(=O)[C@H](CC(C)C)NC(=O)[C@H](CC(C)C)NC(=O)CN)[C@@H](C)CC)C(=O)N[C@H](C(=O)N[C@@H](CC(C)C)C(=O)N[C@@H](CC(C)C)C(N)=O)[C@@H](C)O. The number of hydrogen-bond donors (Lipinski definition) is 16. The van der Waals surface area contributed by atoms with Gasteiger partial charge in [-0.15, -0.1) is 0 Å². The van der Waals surface area contributed by atoms with E-state index in [2.05, 4.69) is 65.1 Å². The number of aliphatic imine (C=N–C) groups is 1. The van der Waals surface area contributed by atoms with Crippen molar-refractivity contribution < 1.29 is 57.8 Å².